The summed E-state index contributed by atoms with van der Waals surface area (Å²) in [6, 6.07) is 14.9. The lowest BCUT2D eigenvalue weighted by atomic mass is 10.1. The normalized spacial score (nSPS) is 10.4. The summed E-state index contributed by atoms with van der Waals surface area (Å²) in [6.45, 7) is 5.20. The Morgan fingerprint density at radius 1 is 1.06 bits per heavy atom. The van der Waals surface area contributed by atoms with E-state index in [0.717, 1.165) is 17.4 Å². The molecule has 0 aliphatic rings. The maximum absolute atomic E-state index is 3.51. The number of rotatable bonds is 4. The third kappa shape index (κ3) is 3.14. The van der Waals surface area contributed by atoms with E-state index in [1.807, 2.05) is 0 Å². The first-order valence-electron chi connectivity index (χ1n) is 6.27. The standard InChI is InChI=1S/C16H18BrN/c1-3-13-6-4-5-7-14(13)11-18-16-9-8-15(17)10-12(16)2/h4-10,18H,3,11H2,1-2H3. The van der Waals surface area contributed by atoms with Crippen molar-refractivity contribution in [3.05, 3.63) is 63.6 Å². The third-order valence-electron chi connectivity index (χ3n) is 3.16. The Morgan fingerprint density at radius 3 is 2.44 bits per heavy atom. The molecule has 0 bridgehead atoms. The van der Waals surface area contributed by atoms with Gasteiger partial charge in [0.15, 0.2) is 0 Å². The molecule has 0 saturated carbocycles. The van der Waals surface area contributed by atoms with Crippen LogP contribution in [0.5, 0.6) is 0 Å². The number of anilines is 1. The zero-order valence-electron chi connectivity index (χ0n) is 10.8. The molecule has 0 aromatic heterocycles. The van der Waals surface area contributed by atoms with Gasteiger partial charge in [-0.3, -0.25) is 0 Å². The van der Waals surface area contributed by atoms with E-state index < -0.39 is 0 Å². The van der Waals surface area contributed by atoms with Crippen LogP contribution in [0, 0.1) is 6.92 Å². The minimum atomic E-state index is 0.881. The molecule has 0 fully saturated rings. The Hall–Kier alpha value is -1.28. The number of halogens is 1. The number of nitrogens with one attached hydrogen (secondary N) is 1. The molecule has 0 spiro atoms. The van der Waals surface area contributed by atoms with E-state index in [4.69, 9.17) is 0 Å². The quantitative estimate of drug-likeness (QED) is 0.844. The van der Waals surface area contributed by atoms with Gasteiger partial charge in [-0.25, -0.2) is 0 Å². The van der Waals surface area contributed by atoms with Crippen LogP contribution >= 0.6 is 15.9 Å². The largest absolute Gasteiger partial charge is 0.381 e. The molecule has 18 heavy (non-hydrogen) atoms. The van der Waals surface area contributed by atoms with E-state index in [2.05, 4.69) is 77.6 Å². The molecule has 2 rings (SSSR count). The molecule has 0 saturated heterocycles. The summed E-state index contributed by atoms with van der Waals surface area (Å²) in [7, 11) is 0. The molecule has 1 N–H and O–H groups in total. The van der Waals surface area contributed by atoms with Gasteiger partial charge in [-0.15, -0.1) is 0 Å². The van der Waals surface area contributed by atoms with Gasteiger partial charge >= 0.3 is 0 Å². The Morgan fingerprint density at radius 2 is 1.78 bits per heavy atom. The van der Waals surface area contributed by atoms with Crippen molar-refractivity contribution in [1.29, 1.82) is 0 Å². The topological polar surface area (TPSA) is 12.0 Å². The highest BCUT2D eigenvalue weighted by Gasteiger charge is 2.01. The second-order valence-corrected chi connectivity index (χ2v) is 5.35. The van der Waals surface area contributed by atoms with Crippen molar-refractivity contribution in [2.45, 2.75) is 26.8 Å². The summed E-state index contributed by atoms with van der Waals surface area (Å²) in [6.07, 6.45) is 1.08. The van der Waals surface area contributed by atoms with Crippen LogP contribution in [0.1, 0.15) is 23.6 Å². The second-order valence-electron chi connectivity index (χ2n) is 4.44. The molecule has 0 aliphatic heterocycles. The van der Waals surface area contributed by atoms with E-state index >= 15 is 0 Å². The molecule has 2 aromatic rings. The zero-order chi connectivity index (χ0) is 13.0. The summed E-state index contributed by atoms with van der Waals surface area (Å²) in [5.41, 5.74) is 5.25. The minimum Gasteiger partial charge on any atom is -0.381 e. The highest BCUT2D eigenvalue weighted by Crippen LogP contribution is 2.21. The molecule has 0 aliphatic carbocycles. The molecule has 1 nitrogen and oxygen atoms in total. The van der Waals surface area contributed by atoms with E-state index in [-0.39, 0.29) is 0 Å². The van der Waals surface area contributed by atoms with Crippen LogP contribution in [0.4, 0.5) is 5.69 Å². The van der Waals surface area contributed by atoms with Crippen LogP contribution < -0.4 is 5.32 Å². The van der Waals surface area contributed by atoms with Crippen LogP contribution in [0.15, 0.2) is 46.9 Å². The number of hydrogen-bond acceptors (Lipinski definition) is 1. The van der Waals surface area contributed by atoms with E-state index in [1.165, 1.54) is 22.4 Å². The van der Waals surface area contributed by atoms with Crippen LogP contribution in [-0.4, -0.2) is 0 Å². The first-order chi connectivity index (χ1) is 8.70. The molecule has 0 radical (unpaired) electrons. The smallest absolute Gasteiger partial charge is 0.0403 e. The van der Waals surface area contributed by atoms with Crippen molar-refractivity contribution in [2.75, 3.05) is 5.32 Å². The average molecular weight is 304 g/mol. The Balaban J connectivity index is 2.11. The maximum atomic E-state index is 3.51. The highest BCUT2D eigenvalue weighted by atomic mass is 79.9. The third-order valence-corrected chi connectivity index (χ3v) is 3.65. The van der Waals surface area contributed by atoms with Gasteiger partial charge in [-0.1, -0.05) is 47.1 Å². The van der Waals surface area contributed by atoms with Gasteiger partial charge in [-0.05, 0) is 48.2 Å². The maximum Gasteiger partial charge on any atom is 0.0403 e. The summed E-state index contributed by atoms with van der Waals surface area (Å²) < 4.78 is 1.12. The number of benzene rings is 2. The van der Waals surface area contributed by atoms with Gasteiger partial charge in [0, 0.05) is 16.7 Å². The number of hydrogen-bond donors (Lipinski definition) is 1. The molecule has 0 unspecified atom stereocenters. The predicted octanol–water partition coefficient (Wildman–Crippen LogP) is 4.93. The fourth-order valence-corrected chi connectivity index (χ4v) is 2.57. The van der Waals surface area contributed by atoms with E-state index in [1.54, 1.807) is 0 Å². The molecular weight excluding hydrogens is 286 g/mol. The minimum absolute atomic E-state index is 0.881. The van der Waals surface area contributed by atoms with Crippen molar-refractivity contribution in [3.63, 3.8) is 0 Å². The first kappa shape index (κ1) is 13.2. The SMILES string of the molecule is CCc1ccccc1CNc1ccc(Br)cc1C. The van der Waals surface area contributed by atoms with Gasteiger partial charge in [-0.2, -0.15) is 0 Å². The van der Waals surface area contributed by atoms with Crippen molar-refractivity contribution in [2.24, 2.45) is 0 Å². The van der Waals surface area contributed by atoms with Gasteiger partial charge in [0.05, 0.1) is 0 Å². The fourth-order valence-electron chi connectivity index (χ4n) is 2.09. The summed E-state index contributed by atoms with van der Waals surface area (Å²) >= 11 is 3.49. The monoisotopic (exact) mass is 303 g/mol. The van der Waals surface area contributed by atoms with Crippen molar-refractivity contribution in [1.82, 2.24) is 0 Å². The predicted molar refractivity (Wildman–Crippen MR) is 82.0 cm³/mol. The number of aryl methyl sites for hydroxylation is 2. The van der Waals surface area contributed by atoms with Crippen molar-refractivity contribution < 1.29 is 0 Å². The van der Waals surface area contributed by atoms with E-state index in [9.17, 15) is 0 Å². The van der Waals surface area contributed by atoms with Gasteiger partial charge in [0.25, 0.3) is 0 Å². The molecule has 0 heterocycles. The van der Waals surface area contributed by atoms with Gasteiger partial charge < -0.3 is 5.32 Å². The van der Waals surface area contributed by atoms with Gasteiger partial charge in [0.1, 0.15) is 0 Å². The lowest BCUT2D eigenvalue weighted by Crippen LogP contribution is -2.03. The molecule has 0 amide bonds. The summed E-state index contributed by atoms with van der Waals surface area (Å²) in [5.74, 6) is 0. The van der Waals surface area contributed by atoms with Crippen LogP contribution in [0.2, 0.25) is 0 Å². The first-order valence-corrected chi connectivity index (χ1v) is 7.07. The summed E-state index contributed by atoms with van der Waals surface area (Å²) in [4.78, 5) is 0. The second kappa shape index (κ2) is 6.05. The fraction of sp³-hybridized carbons (Fsp3) is 0.250. The molecular formula is C16H18BrN. The molecule has 94 valence electrons. The Kier molecular flexibility index (Phi) is 4.43. The van der Waals surface area contributed by atoms with Crippen LogP contribution in [0.25, 0.3) is 0 Å². The lowest BCUT2D eigenvalue weighted by Gasteiger charge is -2.12. The Labute approximate surface area is 117 Å². The molecule has 2 aromatic carbocycles. The van der Waals surface area contributed by atoms with Gasteiger partial charge in [0.2, 0.25) is 0 Å². The van der Waals surface area contributed by atoms with Crippen LogP contribution in [0.3, 0.4) is 0 Å². The summed E-state index contributed by atoms with van der Waals surface area (Å²) in [5, 5.41) is 3.51. The van der Waals surface area contributed by atoms with Crippen molar-refractivity contribution >= 4 is 21.6 Å². The van der Waals surface area contributed by atoms with E-state index in [0.29, 0.717) is 0 Å². The zero-order valence-corrected chi connectivity index (χ0v) is 12.4. The van der Waals surface area contributed by atoms with Crippen molar-refractivity contribution in [3.8, 4) is 0 Å². The average Bonchev–Trinajstić information content (AvgIpc) is 2.38. The molecule has 2 heteroatoms. The van der Waals surface area contributed by atoms with Crippen LogP contribution in [-0.2, 0) is 13.0 Å². The molecule has 0 atom stereocenters. The highest BCUT2D eigenvalue weighted by molar-refractivity contribution is 9.10. The lowest BCUT2D eigenvalue weighted by molar-refractivity contribution is 1.04. The Bertz CT molecular complexity index is 534.